The van der Waals surface area contributed by atoms with Gasteiger partial charge in [0.25, 0.3) is 0 Å². The van der Waals surface area contributed by atoms with Gasteiger partial charge in [-0.25, -0.2) is 0 Å². The Bertz CT molecular complexity index is 515. The van der Waals surface area contributed by atoms with Crippen molar-refractivity contribution in [2.24, 2.45) is 12.9 Å². The van der Waals surface area contributed by atoms with Gasteiger partial charge in [0, 0.05) is 31.9 Å². The van der Waals surface area contributed by atoms with Crippen LogP contribution in [0.4, 0.5) is 0 Å². The Morgan fingerprint density at radius 1 is 1.42 bits per heavy atom. The van der Waals surface area contributed by atoms with Crippen molar-refractivity contribution < 1.29 is 0 Å². The third-order valence-electron chi connectivity index (χ3n) is 3.54. The first-order valence-corrected chi connectivity index (χ1v) is 6.63. The van der Waals surface area contributed by atoms with E-state index in [0.717, 1.165) is 24.2 Å². The first-order valence-electron chi connectivity index (χ1n) is 6.63. The maximum absolute atomic E-state index is 5.65. The van der Waals surface area contributed by atoms with E-state index < -0.39 is 0 Å². The van der Waals surface area contributed by atoms with Gasteiger partial charge in [0.1, 0.15) is 0 Å². The fourth-order valence-electron chi connectivity index (χ4n) is 2.10. The molecule has 2 aromatic rings. The Balaban J connectivity index is 2.11. The molecule has 0 radical (unpaired) electrons. The summed E-state index contributed by atoms with van der Waals surface area (Å²) in [6.07, 6.45) is 5.62. The minimum absolute atomic E-state index is 0.0211. The summed E-state index contributed by atoms with van der Waals surface area (Å²) in [6.45, 7) is 4.32. The van der Waals surface area contributed by atoms with Gasteiger partial charge in [-0.3, -0.25) is 20.6 Å². The summed E-state index contributed by atoms with van der Waals surface area (Å²) in [5, 5.41) is 8.77. The van der Waals surface area contributed by atoms with Crippen LogP contribution in [0.5, 0.6) is 0 Å². The van der Waals surface area contributed by atoms with Crippen molar-refractivity contribution in [2.45, 2.75) is 38.8 Å². The van der Waals surface area contributed by atoms with Gasteiger partial charge in [-0.1, -0.05) is 6.92 Å². The fourth-order valence-corrected chi connectivity index (χ4v) is 2.10. The lowest BCUT2D eigenvalue weighted by molar-refractivity contribution is 0.462. The van der Waals surface area contributed by atoms with Gasteiger partial charge in [0.15, 0.2) is 0 Å². The van der Waals surface area contributed by atoms with E-state index in [2.05, 4.69) is 29.5 Å². The zero-order valence-corrected chi connectivity index (χ0v) is 11.7. The van der Waals surface area contributed by atoms with Crippen LogP contribution in [0.3, 0.4) is 0 Å². The molecule has 0 aliphatic rings. The second-order valence-electron chi connectivity index (χ2n) is 4.85. The van der Waals surface area contributed by atoms with E-state index >= 15 is 0 Å². The van der Waals surface area contributed by atoms with Crippen LogP contribution in [-0.2, 0) is 13.5 Å². The highest BCUT2D eigenvalue weighted by atomic mass is 15.3. The standard InChI is InChI=1S/C13H22N6/c1-4-10(2)19-8-6-11(17-19)9-12(16-14)13-5-7-15-18(13)3/h5-8,10,12,16H,4,9,14H2,1-3H3. The van der Waals surface area contributed by atoms with Crippen molar-refractivity contribution in [2.75, 3.05) is 0 Å². The maximum Gasteiger partial charge on any atom is 0.0684 e. The maximum atomic E-state index is 5.65. The molecule has 6 nitrogen and oxygen atoms in total. The van der Waals surface area contributed by atoms with Crippen molar-refractivity contribution in [1.29, 1.82) is 0 Å². The number of hydrogen-bond acceptors (Lipinski definition) is 4. The minimum atomic E-state index is 0.0211. The summed E-state index contributed by atoms with van der Waals surface area (Å²) >= 11 is 0. The third-order valence-corrected chi connectivity index (χ3v) is 3.54. The predicted molar refractivity (Wildman–Crippen MR) is 74.2 cm³/mol. The predicted octanol–water partition coefficient (Wildman–Crippen LogP) is 1.33. The Morgan fingerprint density at radius 2 is 2.21 bits per heavy atom. The highest BCUT2D eigenvalue weighted by Crippen LogP contribution is 2.17. The zero-order valence-electron chi connectivity index (χ0n) is 11.7. The van der Waals surface area contributed by atoms with Crippen molar-refractivity contribution in [3.63, 3.8) is 0 Å². The Hall–Kier alpha value is -1.66. The summed E-state index contributed by atoms with van der Waals surface area (Å²) in [5.41, 5.74) is 4.92. The molecule has 0 amide bonds. The largest absolute Gasteiger partial charge is 0.271 e. The second-order valence-corrected chi connectivity index (χ2v) is 4.85. The first kappa shape index (κ1) is 13.8. The van der Waals surface area contributed by atoms with E-state index in [9.17, 15) is 0 Å². The molecule has 2 atom stereocenters. The SMILES string of the molecule is CCC(C)n1ccc(CC(NN)c2ccnn2C)n1. The molecule has 6 heteroatoms. The quantitative estimate of drug-likeness (QED) is 0.608. The van der Waals surface area contributed by atoms with Crippen molar-refractivity contribution in [3.05, 3.63) is 35.9 Å². The number of nitrogens with one attached hydrogen (secondary N) is 1. The van der Waals surface area contributed by atoms with Gasteiger partial charge in [-0.15, -0.1) is 0 Å². The van der Waals surface area contributed by atoms with Crippen LogP contribution in [0.2, 0.25) is 0 Å². The molecule has 0 bridgehead atoms. The van der Waals surface area contributed by atoms with Crippen LogP contribution >= 0.6 is 0 Å². The van der Waals surface area contributed by atoms with Gasteiger partial charge in [-0.05, 0) is 25.5 Å². The summed E-state index contributed by atoms with van der Waals surface area (Å²) in [5.74, 6) is 5.65. The third kappa shape index (κ3) is 3.02. The van der Waals surface area contributed by atoms with E-state index in [-0.39, 0.29) is 6.04 Å². The van der Waals surface area contributed by atoms with Gasteiger partial charge >= 0.3 is 0 Å². The summed E-state index contributed by atoms with van der Waals surface area (Å²) in [7, 11) is 1.91. The number of hydrogen-bond donors (Lipinski definition) is 2. The molecule has 0 saturated carbocycles. The molecule has 2 aromatic heterocycles. The van der Waals surface area contributed by atoms with Crippen LogP contribution in [0.15, 0.2) is 24.5 Å². The second kappa shape index (κ2) is 5.99. The van der Waals surface area contributed by atoms with E-state index in [1.807, 2.05) is 34.7 Å². The highest BCUT2D eigenvalue weighted by molar-refractivity contribution is 5.11. The first-order chi connectivity index (χ1) is 9.15. The molecule has 0 spiro atoms. The molecular formula is C13H22N6. The number of nitrogens with zero attached hydrogens (tertiary/aromatic N) is 4. The number of rotatable bonds is 6. The molecule has 0 aliphatic heterocycles. The number of nitrogens with two attached hydrogens (primary N) is 1. The monoisotopic (exact) mass is 262 g/mol. The lowest BCUT2D eigenvalue weighted by Crippen LogP contribution is -2.31. The molecule has 19 heavy (non-hydrogen) atoms. The van der Waals surface area contributed by atoms with Crippen molar-refractivity contribution in [3.8, 4) is 0 Å². The lowest BCUT2D eigenvalue weighted by Gasteiger charge is -2.15. The number of hydrazine groups is 1. The molecule has 0 aromatic carbocycles. The Morgan fingerprint density at radius 3 is 2.79 bits per heavy atom. The van der Waals surface area contributed by atoms with E-state index in [1.165, 1.54) is 0 Å². The van der Waals surface area contributed by atoms with Gasteiger partial charge < -0.3 is 0 Å². The Labute approximate surface area is 113 Å². The smallest absolute Gasteiger partial charge is 0.0684 e. The number of aryl methyl sites for hydroxylation is 1. The Kier molecular flexibility index (Phi) is 4.34. The summed E-state index contributed by atoms with van der Waals surface area (Å²) < 4.78 is 3.84. The van der Waals surface area contributed by atoms with Gasteiger partial charge in [-0.2, -0.15) is 10.2 Å². The topological polar surface area (TPSA) is 73.7 Å². The molecule has 2 rings (SSSR count). The van der Waals surface area contributed by atoms with Crippen LogP contribution in [0, 0.1) is 0 Å². The number of aromatic nitrogens is 4. The van der Waals surface area contributed by atoms with Crippen LogP contribution in [0.1, 0.15) is 43.7 Å². The van der Waals surface area contributed by atoms with E-state index in [0.29, 0.717) is 6.04 Å². The molecule has 2 unspecified atom stereocenters. The normalized spacial score (nSPS) is 14.5. The van der Waals surface area contributed by atoms with Crippen molar-refractivity contribution in [1.82, 2.24) is 25.0 Å². The van der Waals surface area contributed by atoms with Crippen molar-refractivity contribution >= 4 is 0 Å². The molecular weight excluding hydrogens is 240 g/mol. The van der Waals surface area contributed by atoms with Gasteiger partial charge in [0.2, 0.25) is 0 Å². The average Bonchev–Trinajstić information content (AvgIpc) is 3.04. The minimum Gasteiger partial charge on any atom is -0.271 e. The molecule has 104 valence electrons. The van der Waals surface area contributed by atoms with E-state index in [4.69, 9.17) is 5.84 Å². The average molecular weight is 262 g/mol. The summed E-state index contributed by atoms with van der Waals surface area (Å²) in [4.78, 5) is 0. The van der Waals surface area contributed by atoms with Crippen LogP contribution in [-0.4, -0.2) is 19.6 Å². The fraction of sp³-hybridized carbons (Fsp3) is 0.538. The molecule has 2 heterocycles. The highest BCUT2D eigenvalue weighted by Gasteiger charge is 2.16. The van der Waals surface area contributed by atoms with E-state index in [1.54, 1.807) is 6.20 Å². The lowest BCUT2D eigenvalue weighted by atomic mass is 10.1. The molecule has 0 fully saturated rings. The van der Waals surface area contributed by atoms with Crippen LogP contribution < -0.4 is 11.3 Å². The molecule has 3 N–H and O–H groups in total. The molecule has 0 saturated heterocycles. The zero-order chi connectivity index (χ0) is 13.8. The molecule has 0 aliphatic carbocycles. The summed E-state index contributed by atoms with van der Waals surface area (Å²) in [6, 6.07) is 4.46. The van der Waals surface area contributed by atoms with Gasteiger partial charge in [0.05, 0.1) is 17.4 Å². The van der Waals surface area contributed by atoms with Crippen LogP contribution in [0.25, 0.3) is 0 Å².